The molecule has 16 heavy (non-hydrogen) atoms. The molecule has 92 valence electrons. The van der Waals surface area contributed by atoms with Crippen LogP contribution >= 0.6 is 11.6 Å². The van der Waals surface area contributed by atoms with E-state index in [9.17, 15) is 8.78 Å². The first-order valence-corrected chi connectivity index (χ1v) is 5.23. The predicted octanol–water partition coefficient (Wildman–Crippen LogP) is 0.915. The van der Waals surface area contributed by atoms with Crippen LogP contribution in [0.25, 0.3) is 0 Å². The molecule has 0 saturated heterocycles. The zero-order chi connectivity index (χ0) is 12.0. The molecule has 0 saturated carbocycles. The first-order chi connectivity index (χ1) is 7.67. The Hall–Kier alpha value is -0.950. The first-order valence-electron chi connectivity index (χ1n) is 4.69. The van der Waals surface area contributed by atoms with Crippen LogP contribution in [0.2, 0.25) is 0 Å². The second-order valence-electron chi connectivity index (χ2n) is 2.98. The number of hydrogen-bond acceptors (Lipinski definition) is 5. The van der Waals surface area contributed by atoms with E-state index >= 15 is 0 Å². The zero-order valence-electron chi connectivity index (χ0n) is 8.44. The summed E-state index contributed by atoms with van der Waals surface area (Å²) in [5.74, 6) is 0.610. The lowest BCUT2D eigenvalue weighted by atomic mass is 10.5. The normalized spacial score (nSPS) is 11.1. The fourth-order valence-corrected chi connectivity index (χ4v) is 1.27. The SMILES string of the molecule is OCCN(CC(F)F)c1nnc(CCCl)o1. The molecule has 8 heteroatoms. The van der Waals surface area contributed by atoms with E-state index in [4.69, 9.17) is 21.1 Å². The van der Waals surface area contributed by atoms with Gasteiger partial charge in [0.2, 0.25) is 5.89 Å². The smallest absolute Gasteiger partial charge is 0.318 e. The third-order valence-electron chi connectivity index (χ3n) is 1.76. The average molecular weight is 256 g/mol. The summed E-state index contributed by atoms with van der Waals surface area (Å²) in [6, 6.07) is -0.0190. The monoisotopic (exact) mass is 255 g/mol. The molecular formula is C8H12ClF2N3O2. The van der Waals surface area contributed by atoms with Crippen molar-refractivity contribution < 1.29 is 18.3 Å². The van der Waals surface area contributed by atoms with Gasteiger partial charge in [0, 0.05) is 18.8 Å². The highest BCUT2D eigenvalue weighted by molar-refractivity contribution is 6.17. The quantitative estimate of drug-likeness (QED) is 0.734. The number of aliphatic hydroxyl groups excluding tert-OH is 1. The van der Waals surface area contributed by atoms with E-state index in [1.54, 1.807) is 0 Å². The van der Waals surface area contributed by atoms with Gasteiger partial charge >= 0.3 is 6.01 Å². The molecule has 0 aliphatic rings. The van der Waals surface area contributed by atoms with E-state index in [1.807, 2.05) is 0 Å². The number of halogens is 3. The van der Waals surface area contributed by atoms with Crippen molar-refractivity contribution >= 4 is 17.6 Å². The van der Waals surface area contributed by atoms with E-state index < -0.39 is 13.0 Å². The van der Waals surface area contributed by atoms with Crippen molar-refractivity contribution in [3.8, 4) is 0 Å². The molecule has 1 heterocycles. The van der Waals surface area contributed by atoms with Crippen molar-refractivity contribution in [2.75, 3.05) is 30.5 Å². The minimum Gasteiger partial charge on any atom is -0.408 e. The number of alkyl halides is 3. The maximum atomic E-state index is 12.2. The van der Waals surface area contributed by atoms with E-state index in [-0.39, 0.29) is 19.2 Å². The fraction of sp³-hybridized carbons (Fsp3) is 0.750. The lowest BCUT2D eigenvalue weighted by Crippen LogP contribution is -2.31. The molecule has 0 bridgehead atoms. The number of anilines is 1. The van der Waals surface area contributed by atoms with Gasteiger partial charge in [0.15, 0.2) is 0 Å². The molecular weight excluding hydrogens is 244 g/mol. The third kappa shape index (κ3) is 3.90. The van der Waals surface area contributed by atoms with E-state index in [2.05, 4.69) is 10.2 Å². The number of nitrogens with zero attached hydrogens (tertiary/aromatic N) is 3. The molecule has 0 amide bonds. The van der Waals surface area contributed by atoms with Crippen LogP contribution in [0.3, 0.4) is 0 Å². The number of aryl methyl sites for hydroxylation is 1. The second-order valence-corrected chi connectivity index (χ2v) is 3.36. The van der Waals surface area contributed by atoms with Gasteiger partial charge in [-0.1, -0.05) is 5.10 Å². The molecule has 0 atom stereocenters. The van der Waals surface area contributed by atoms with Crippen molar-refractivity contribution in [2.24, 2.45) is 0 Å². The Morgan fingerprint density at radius 1 is 1.44 bits per heavy atom. The summed E-state index contributed by atoms with van der Waals surface area (Å²) >= 11 is 5.47. The van der Waals surface area contributed by atoms with E-state index in [0.29, 0.717) is 18.2 Å². The van der Waals surface area contributed by atoms with Crippen LogP contribution in [-0.2, 0) is 6.42 Å². The van der Waals surface area contributed by atoms with Crippen molar-refractivity contribution in [1.82, 2.24) is 10.2 Å². The molecule has 1 aromatic heterocycles. The van der Waals surface area contributed by atoms with Gasteiger partial charge in [-0.2, -0.15) is 0 Å². The molecule has 0 aliphatic heterocycles. The molecule has 0 fully saturated rings. The van der Waals surface area contributed by atoms with Gasteiger partial charge in [0.05, 0.1) is 13.2 Å². The first kappa shape index (κ1) is 13.1. The Morgan fingerprint density at radius 2 is 2.19 bits per heavy atom. The predicted molar refractivity (Wildman–Crippen MR) is 54.0 cm³/mol. The van der Waals surface area contributed by atoms with Crippen LogP contribution in [0.1, 0.15) is 5.89 Å². The van der Waals surface area contributed by atoms with E-state index in [0.717, 1.165) is 4.90 Å². The Kier molecular flexibility index (Phi) is 5.41. The maximum absolute atomic E-state index is 12.2. The van der Waals surface area contributed by atoms with Crippen LogP contribution < -0.4 is 4.90 Å². The number of aliphatic hydroxyl groups is 1. The van der Waals surface area contributed by atoms with E-state index in [1.165, 1.54) is 0 Å². The van der Waals surface area contributed by atoms with Gasteiger partial charge in [-0.3, -0.25) is 0 Å². The topological polar surface area (TPSA) is 62.4 Å². The minimum absolute atomic E-state index is 0.0190. The van der Waals surface area contributed by atoms with Gasteiger partial charge in [0.25, 0.3) is 6.43 Å². The maximum Gasteiger partial charge on any atom is 0.318 e. The largest absolute Gasteiger partial charge is 0.408 e. The van der Waals surface area contributed by atoms with Crippen LogP contribution in [0.15, 0.2) is 4.42 Å². The molecule has 1 aromatic rings. The van der Waals surface area contributed by atoms with Gasteiger partial charge in [-0.15, -0.1) is 16.7 Å². The Bertz CT molecular complexity index is 311. The van der Waals surface area contributed by atoms with Crippen molar-refractivity contribution in [1.29, 1.82) is 0 Å². The minimum atomic E-state index is -2.53. The summed E-state index contributed by atoms with van der Waals surface area (Å²) in [4.78, 5) is 1.13. The molecule has 1 rings (SSSR count). The molecule has 0 unspecified atom stereocenters. The number of rotatable bonds is 7. The van der Waals surface area contributed by atoms with Gasteiger partial charge in [-0.25, -0.2) is 8.78 Å². The van der Waals surface area contributed by atoms with Crippen LogP contribution in [0, 0.1) is 0 Å². The third-order valence-corrected chi connectivity index (χ3v) is 1.95. The summed E-state index contributed by atoms with van der Waals surface area (Å²) < 4.78 is 29.5. The van der Waals surface area contributed by atoms with Crippen molar-refractivity contribution in [2.45, 2.75) is 12.8 Å². The van der Waals surface area contributed by atoms with Gasteiger partial charge in [0.1, 0.15) is 0 Å². The summed E-state index contributed by atoms with van der Waals surface area (Å²) in [5, 5.41) is 16.0. The van der Waals surface area contributed by atoms with Gasteiger partial charge in [-0.05, 0) is 0 Å². The highest BCUT2D eigenvalue weighted by Crippen LogP contribution is 2.14. The molecule has 5 nitrogen and oxygen atoms in total. The Balaban J connectivity index is 2.67. The summed E-state index contributed by atoms with van der Waals surface area (Å²) in [6.45, 7) is -0.796. The molecule has 1 N–H and O–H groups in total. The zero-order valence-corrected chi connectivity index (χ0v) is 9.20. The second kappa shape index (κ2) is 6.59. The summed E-state index contributed by atoms with van der Waals surface area (Å²) in [5.41, 5.74) is 0. The number of hydrogen-bond donors (Lipinski definition) is 1. The molecule has 0 spiro atoms. The van der Waals surface area contributed by atoms with Crippen LogP contribution in [-0.4, -0.2) is 47.3 Å². The van der Waals surface area contributed by atoms with Crippen LogP contribution in [0.5, 0.6) is 0 Å². The Labute approximate surface area is 96.0 Å². The standard InChI is InChI=1S/C8H12ClF2N3O2/c9-2-1-7-12-13-8(16-7)14(3-4-15)5-6(10)11/h6,15H,1-5H2. The lowest BCUT2D eigenvalue weighted by Gasteiger charge is -2.17. The molecule has 0 radical (unpaired) electrons. The lowest BCUT2D eigenvalue weighted by molar-refractivity contribution is 0.150. The number of aromatic nitrogens is 2. The van der Waals surface area contributed by atoms with Gasteiger partial charge < -0.3 is 14.4 Å². The highest BCUT2D eigenvalue weighted by Gasteiger charge is 2.17. The summed E-state index contributed by atoms with van der Waals surface area (Å²) in [7, 11) is 0. The van der Waals surface area contributed by atoms with Crippen molar-refractivity contribution in [3.63, 3.8) is 0 Å². The van der Waals surface area contributed by atoms with Crippen molar-refractivity contribution in [3.05, 3.63) is 5.89 Å². The summed E-state index contributed by atoms with van der Waals surface area (Å²) in [6.07, 6.45) is -2.15. The molecule has 0 aromatic carbocycles. The highest BCUT2D eigenvalue weighted by atomic mass is 35.5. The fourth-order valence-electron chi connectivity index (χ4n) is 1.11. The molecule has 0 aliphatic carbocycles. The average Bonchev–Trinajstić information content (AvgIpc) is 2.66. The van der Waals surface area contributed by atoms with Crippen LogP contribution in [0.4, 0.5) is 14.8 Å². The Morgan fingerprint density at radius 3 is 2.75 bits per heavy atom.